The molecule has 1 atom stereocenters. The molecule has 32 heavy (non-hydrogen) atoms. The first-order chi connectivity index (χ1) is 15.2. The molecule has 1 amide bonds. The molecule has 1 N–H and O–H groups in total. The Hall–Kier alpha value is -2.89. The van der Waals surface area contributed by atoms with Gasteiger partial charge in [0.1, 0.15) is 0 Å². The quantitative estimate of drug-likeness (QED) is 0.471. The molecule has 1 aromatic heterocycles. The van der Waals surface area contributed by atoms with Crippen LogP contribution in [-0.2, 0) is 11.2 Å². The molecule has 166 valence electrons. The number of fused-ring (bicyclic) bond motifs is 2. The number of allylic oxidation sites excluding steroid dienone is 1. The standard InChI is InChI=1S/C22H17Cl2NO2.C3H7NO/c1-12-8-14(10-13-6-7-15(23)11-18(13)24)21-17(9-12)20(22(26)27)16-4-2-3-5-19(16)25-21;1-4(2)3-5/h2-7,10-12H,8-9H2,1H3,(H,26,27);3H,1-2H3/b14-10+;. The van der Waals surface area contributed by atoms with Crippen molar-refractivity contribution in [3.63, 3.8) is 0 Å². The number of hydrogen-bond acceptors (Lipinski definition) is 3. The summed E-state index contributed by atoms with van der Waals surface area (Å²) in [5, 5.41) is 11.7. The largest absolute Gasteiger partial charge is 0.478 e. The second-order valence-electron chi connectivity index (χ2n) is 8.05. The van der Waals surface area contributed by atoms with Crippen molar-refractivity contribution in [2.75, 3.05) is 14.1 Å². The third-order valence-corrected chi connectivity index (χ3v) is 5.70. The summed E-state index contributed by atoms with van der Waals surface area (Å²) in [7, 11) is 3.38. The van der Waals surface area contributed by atoms with E-state index >= 15 is 0 Å². The molecule has 1 aliphatic rings. The molecule has 0 bridgehead atoms. The zero-order valence-corrected chi connectivity index (χ0v) is 19.6. The molecular formula is C25H24Cl2N2O3. The van der Waals surface area contributed by atoms with Crippen molar-refractivity contribution in [1.82, 2.24) is 9.88 Å². The van der Waals surface area contributed by atoms with E-state index in [1.54, 1.807) is 26.2 Å². The Morgan fingerprint density at radius 2 is 1.84 bits per heavy atom. The molecule has 0 aliphatic heterocycles. The van der Waals surface area contributed by atoms with Crippen LogP contribution in [0, 0.1) is 5.92 Å². The van der Waals surface area contributed by atoms with Gasteiger partial charge >= 0.3 is 5.97 Å². The monoisotopic (exact) mass is 470 g/mol. The molecule has 1 aliphatic carbocycles. The first-order valence-corrected chi connectivity index (χ1v) is 10.9. The van der Waals surface area contributed by atoms with Crippen LogP contribution in [0.1, 0.15) is 40.5 Å². The Morgan fingerprint density at radius 3 is 2.47 bits per heavy atom. The minimum absolute atomic E-state index is 0.316. The van der Waals surface area contributed by atoms with Gasteiger partial charge in [-0.3, -0.25) is 4.79 Å². The van der Waals surface area contributed by atoms with E-state index in [0.29, 0.717) is 38.9 Å². The van der Waals surface area contributed by atoms with Crippen LogP contribution in [0.25, 0.3) is 22.6 Å². The van der Waals surface area contributed by atoms with Crippen LogP contribution in [0.2, 0.25) is 10.0 Å². The van der Waals surface area contributed by atoms with Gasteiger partial charge in [-0.25, -0.2) is 9.78 Å². The second-order valence-corrected chi connectivity index (χ2v) is 8.90. The van der Waals surface area contributed by atoms with Crippen molar-refractivity contribution in [1.29, 1.82) is 0 Å². The van der Waals surface area contributed by atoms with Crippen molar-refractivity contribution in [3.05, 3.63) is 74.9 Å². The Kier molecular flexibility index (Phi) is 7.54. The smallest absolute Gasteiger partial charge is 0.336 e. The third-order valence-electron chi connectivity index (χ3n) is 5.14. The molecule has 5 nitrogen and oxygen atoms in total. The number of carbonyl (C=O) groups excluding carboxylic acids is 1. The fraction of sp³-hybridized carbons (Fsp3) is 0.240. The Balaban J connectivity index is 0.000000523. The van der Waals surface area contributed by atoms with Crippen LogP contribution in [0.4, 0.5) is 0 Å². The van der Waals surface area contributed by atoms with E-state index in [1.807, 2.05) is 36.4 Å². The lowest BCUT2D eigenvalue weighted by Crippen LogP contribution is -2.17. The average Bonchev–Trinajstić information content (AvgIpc) is 2.74. The van der Waals surface area contributed by atoms with Gasteiger partial charge < -0.3 is 10.0 Å². The number of amides is 1. The minimum Gasteiger partial charge on any atom is -0.478 e. The zero-order chi connectivity index (χ0) is 23.4. The van der Waals surface area contributed by atoms with Gasteiger partial charge in [-0.1, -0.05) is 54.4 Å². The van der Waals surface area contributed by atoms with Crippen LogP contribution >= 0.6 is 23.2 Å². The number of benzene rings is 2. The number of rotatable bonds is 3. The van der Waals surface area contributed by atoms with Gasteiger partial charge in [0, 0.05) is 29.5 Å². The van der Waals surface area contributed by atoms with Gasteiger partial charge in [0.2, 0.25) is 6.41 Å². The van der Waals surface area contributed by atoms with Crippen molar-refractivity contribution >= 4 is 58.1 Å². The topological polar surface area (TPSA) is 70.5 Å². The number of carbonyl (C=O) groups is 2. The van der Waals surface area contributed by atoms with Crippen LogP contribution in [0.5, 0.6) is 0 Å². The Bertz CT molecular complexity index is 1210. The highest BCUT2D eigenvalue weighted by atomic mass is 35.5. The lowest BCUT2D eigenvalue weighted by molar-refractivity contribution is -0.115. The fourth-order valence-corrected chi connectivity index (χ4v) is 4.25. The van der Waals surface area contributed by atoms with Crippen LogP contribution < -0.4 is 0 Å². The number of aromatic carboxylic acids is 1. The van der Waals surface area contributed by atoms with E-state index < -0.39 is 5.97 Å². The van der Waals surface area contributed by atoms with E-state index in [0.717, 1.165) is 35.2 Å². The molecule has 7 heteroatoms. The molecule has 2 aromatic carbocycles. The molecule has 1 heterocycles. The number of halogens is 2. The number of pyridine rings is 1. The molecule has 0 fully saturated rings. The molecule has 0 saturated heterocycles. The number of carboxylic acids is 1. The number of aromatic nitrogens is 1. The highest BCUT2D eigenvalue weighted by Gasteiger charge is 2.28. The number of carboxylic acid groups (broad SMARTS) is 1. The first-order valence-electron chi connectivity index (χ1n) is 10.1. The summed E-state index contributed by atoms with van der Waals surface area (Å²) in [6.45, 7) is 2.13. The predicted molar refractivity (Wildman–Crippen MR) is 130 cm³/mol. The molecule has 4 rings (SSSR count). The zero-order valence-electron chi connectivity index (χ0n) is 18.1. The summed E-state index contributed by atoms with van der Waals surface area (Å²) >= 11 is 12.3. The van der Waals surface area contributed by atoms with E-state index in [2.05, 4.69) is 6.92 Å². The average molecular weight is 471 g/mol. The van der Waals surface area contributed by atoms with Crippen molar-refractivity contribution < 1.29 is 14.7 Å². The Labute approximate surface area is 197 Å². The van der Waals surface area contributed by atoms with Crippen LogP contribution in [-0.4, -0.2) is 41.5 Å². The molecule has 0 radical (unpaired) electrons. The maximum Gasteiger partial charge on any atom is 0.336 e. The number of nitrogens with zero attached hydrogens (tertiary/aromatic N) is 2. The molecule has 3 aromatic rings. The number of hydrogen-bond donors (Lipinski definition) is 1. The molecule has 0 saturated carbocycles. The Morgan fingerprint density at radius 1 is 1.16 bits per heavy atom. The van der Waals surface area contributed by atoms with Crippen molar-refractivity contribution in [3.8, 4) is 0 Å². The van der Waals surface area contributed by atoms with Crippen LogP contribution in [0.3, 0.4) is 0 Å². The van der Waals surface area contributed by atoms with Crippen LogP contribution in [0.15, 0.2) is 42.5 Å². The van der Waals surface area contributed by atoms with Gasteiger partial charge in [0.15, 0.2) is 0 Å². The van der Waals surface area contributed by atoms with Crippen molar-refractivity contribution in [2.45, 2.75) is 19.8 Å². The van der Waals surface area contributed by atoms with E-state index in [1.165, 1.54) is 4.90 Å². The second kappa shape index (κ2) is 10.2. The highest BCUT2D eigenvalue weighted by Crippen LogP contribution is 2.39. The minimum atomic E-state index is -0.914. The first kappa shape index (κ1) is 23.8. The molecule has 1 unspecified atom stereocenters. The third kappa shape index (κ3) is 5.29. The molecular weight excluding hydrogens is 447 g/mol. The van der Waals surface area contributed by atoms with Gasteiger partial charge in [-0.2, -0.15) is 0 Å². The normalized spacial score (nSPS) is 16.2. The fourth-order valence-electron chi connectivity index (χ4n) is 3.79. The van der Waals surface area contributed by atoms with Gasteiger partial charge in [-0.05, 0) is 59.7 Å². The lowest BCUT2D eigenvalue weighted by Gasteiger charge is -2.26. The van der Waals surface area contributed by atoms with Gasteiger partial charge in [0.05, 0.1) is 16.8 Å². The van der Waals surface area contributed by atoms with E-state index in [9.17, 15) is 14.7 Å². The SMILES string of the molecule is CC1C/C(=C\c2ccc(Cl)cc2Cl)c2nc3ccccc3c(C(=O)O)c2C1.CN(C)C=O. The van der Waals surface area contributed by atoms with E-state index in [-0.39, 0.29) is 0 Å². The maximum absolute atomic E-state index is 12.1. The summed E-state index contributed by atoms with van der Waals surface area (Å²) in [6, 6.07) is 12.8. The number of para-hydroxylation sites is 1. The maximum atomic E-state index is 12.1. The van der Waals surface area contributed by atoms with Gasteiger partial charge in [-0.15, -0.1) is 0 Å². The summed E-state index contributed by atoms with van der Waals surface area (Å²) < 4.78 is 0. The summed E-state index contributed by atoms with van der Waals surface area (Å²) in [4.78, 5) is 27.8. The predicted octanol–water partition coefficient (Wildman–Crippen LogP) is 6.07. The summed E-state index contributed by atoms with van der Waals surface area (Å²) in [6.07, 6.45) is 4.26. The van der Waals surface area contributed by atoms with Crippen molar-refractivity contribution in [2.24, 2.45) is 5.92 Å². The summed E-state index contributed by atoms with van der Waals surface area (Å²) in [5.41, 5.74) is 4.46. The highest BCUT2D eigenvalue weighted by molar-refractivity contribution is 6.35. The lowest BCUT2D eigenvalue weighted by atomic mass is 9.80. The van der Waals surface area contributed by atoms with E-state index in [4.69, 9.17) is 28.2 Å². The van der Waals surface area contributed by atoms with Gasteiger partial charge in [0.25, 0.3) is 0 Å². The summed E-state index contributed by atoms with van der Waals surface area (Å²) in [5.74, 6) is -0.598. The molecule has 0 spiro atoms.